The normalized spacial score (nSPS) is 18.2. The Morgan fingerprint density at radius 2 is 1.82 bits per heavy atom. The van der Waals surface area contributed by atoms with Crippen molar-refractivity contribution < 1.29 is 9.72 Å². The third kappa shape index (κ3) is 4.34. The molecule has 1 heterocycles. The first-order valence-corrected chi connectivity index (χ1v) is 11.4. The average molecular weight is 418 g/mol. The molecule has 8 heteroatoms. The Morgan fingerprint density at radius 1 is 1.18 bits per heavy atom. The molecule has 2 aromatic rings. The van der Waals surface area contributed by atoms with Gasteiger partial charge < -0.3 is 0 Å². The number of nitrogens with one attached hydrogen (secondary N) is 1. The molecule has 1 fully saturated rings. The van der Waals surface area contributed by atoms with E-state index in [1.165, 1.54) is 29.8 Å². The molecular weight excluding hydrogens is 394 g/mol. The lowest BCUT2D eigenvalue weighted by Crippen LogP contribution is -2.48. The highest BCUT2D eigenvalue weighted by Crippen LogP contribution is 2.45. The van der Waals surface area contributed by atoms with E-state index in [4.69, 9.17) is 0 Å². The molecular formula is C20H23N3O3S2. The van der Waals surface area contributed by atoms with Crippen LogP contribution in [0.25, 0.3) is 0 Å². The number of nitro groups is 1. The molecule has 1 aliphatic heterocycles. The lowest BCUT2D eigenvalue weighted by molar-refractivity contribution is -0.384. The average Bonchev–Trinajstić information content (AvgIpc) is 3.12. The number of rotatable bonds is 7. The van der Waals surface area contributed by atoms with Gasteiger partial charge in [0.1, 0.15) is 0 Å². The second-order valence-corrected chi connectivity index (χ2v) is 9.05. The van der Waals surface area contributed by atoms with Crippen molar-refractivity contribution in [2.45, 2.75) is 29.5 Å². The van der Waals surface area contributed by atoms with Crippen molar-refractivity contribution in [3.05, 3.63) is 75.8 Å². The smallest absolute Gasteiger partial charge is 0.268 e. The van der Waals surface area contributed by atoms with Crippen molar-refractivity contribution in [2.75, 3.05) is 12.5 Å². The number of hydrazine groups is 1. The van der Waals surface area contributed by atoms with E-state index in [0.29, 0.717) is 5.56 Å². The SMILES string of the molecule is CSC1(SC)CC(CCc2ccccc2)NN1C(=O)c1ccc([N+](=O)[O-])cc1. The molecule has 1 aliphatic rings. The summed E-state index contributed by atoms with van der Waals surface area (Å²) in [6, 6.07) is 16.3. The van der Waals surface area contributed by atoms with E-state index in [2.05, 4.69) is 17.6 Å². The molecule has 1 unspecified atom stereocenters. The van der Waals surface area contributed by atoms with E-state index in [0.717, 1.165) is 19.3 Å². The fraction of sp³-hybridized carbons (Fsp3) is 0.350. The highest BCUT2D eigenvalue weighted by atomic mass is 32.2. The number of benzene rings is 2. The molecule has 1 atom stereocenters. The number of aryl methyl sites for hydroxylation is 1. The molecule has 1 saturated heterocycles. The molecule has 1 N–H and O–H groups in total. The van der Waals surface area contributed by atoms with Crippen LogP contribution < -0.4 is 5.43 Å². The summed E-state index contributed by atoms with van der Waals surface area (Å²) in [7, 11) is 0. The fourth-order valence-corrected chi connectivity index (χ4v) is 5.42. The van der Waals surface area contributed by atoms with Crippen LogP contribution in [0, 0.1) is 10.1 Å². The first kappa shape index (κ1) is 20.7. The molecule has 6 nitrogen and oxygen atoms in total. The van der Waals surface area contributed by atoms with Crippen LogP contribution in [-0.2, 0) is 6.42 Å². The van der Waals surface area contributed by atoms with E-state index in [9.17, 15) is 14.9 Å². The summed E-state index contributed by atoms with van der Waals surface area (Å²) < 4.78 is -0.403. The predicted molar refractivity (Wildman–Crippen MR) is 115 cm³/mol. The van der Waals surface area contributed by atoms with Crippen LogP contribution in [0.15, 0.2) is 54.6 Å². The Kier molecular flexibility index (Phi) is 6.64. The topological polar surface area (TPSA) is 75.5 Å². The summed E-state index contributed by atoms with van der Waals surface area (Å²) in [6.07, 6.45) is 6.72. The Bertz CT molecular complexity index is 826. The number of carbonyl (C=O) groups excluding carboxylic acids is 1. The van der Waals surface area contributed by atoms with Crippen molar-refractivity contribution in [3.8, 4) is 0 Å². The number of carbonyl (C=O) groups is 1. The third-order valence-electron chi connectivity index (χ3n) is 4.95. The lowest BCUT2D eigenvalue weighted by atomic mass is 10.0. The van der Waals surface area contributed by atoms with Gasteiger partial charge in [-0.15, -0.1) is 23.5 Å². The lowest BCUT2D eigenvalue weighted by Gasteiger charge is -2.34. The van der Waals surface area contributed by atoms with Crippen molar-refractivity contribution in [3.63, 3.8) is 0 Å². The molecule has 28 heavy (non-hydrogen) atoms. The summed E-state index contributed by atoms with van der Waals surface area (Å²) in [5.41, 5.74) is 5.10. The first-order valence-electron chi connectivity index (χ1n) is 8.98. The number of non-ortho nitro benzene ring substituents is 1. The number of thioether (sulfide) groups is 2. The van der Waals surface area contributed by atoms with Gasteiger partial charge in [-0.2, -0.15) is 0 Å². The highest BCUT2D eigenvalue weighted by Gasteiger charge is 2.47. The van der Waals surface area contributed by atoms with Crippen LogP contribution in [0.5, 0.6) is 0 Å². The van der Waals surface area contributed by atoms with E-state index >= 15 is 0 Å². The predicted octanol–water partition coefficient (Wildman–Crippen LogP) is 4.33. The van der Waals surface area contributed by atoms with E-state index < -0.39 is 9.13 Å². The molecule has 3 rings (SSSR count). The van der Waals surface area contributed by atoms with Crippen LogP contribution in [0.4, 0.5) is 5.69 Å². The maximum absolute atomic E-state index is 13.1. The van der Waals surface area contributed by atoms with Gasteiger partial charge in [-0.1, -0.05) is 30.3 Å². The van der Waals surface area contributed by atoms with E-state index in [-0.39, 0.29) is 17.6 Å². The van der Waals surface area contributed by atoms with Gasteiger partial charge in [0.15, 0.2) is 4.20 Å². The number of hydrogen-bond donors (Lipinski definition) is 1. The highest BCUT2D eigenvalue weighted by molar-refractivity contribution is 8.17. The van der Waals surface area contributed by atoms with Crippen LogP contribution in [0.2, 0.25) is 0 Å². The van der Waals surface area contributed by atoms with E-state index in [1.807, 2.05) is 30.7 Å². The largest absolute Gasteiger partial charge is 0.270 e. The molecule has 0 bridgehead atoms. The Balaban J connectivity index is 1.75. The maximum atomic E-state index is 13.1. The Hall–Kier alpha value is -2.03. The monoisotopic (exact) mass is 417 g/mol. The van der Waals surface area contributed by atoms with Gasteiger partial charge in [0.05, 0.1) is 4.92 Å². The molecule has 0 aliphatic carbocycles. The summed E-state index contributed by atoms with van der Waals surface area (Å²) >= 11 is 3.28. The maximum Gasteiger partial charge on any atom is 0.270 e. The van der Waals surface area contributed by atoms with Crippen molar-refractivity contribution in [2.24, 2.45) is 0 Å². The van der Waals surface area contributed by atoms with Gasteiger partial charge in [0.2, 0.25) is 0 Å². The van der Waals surface area contributed by atoms with Gasteiger partial charge in [0, 0.05) is 30.2 Å². The van der Waals surface area contributed by atoms with Crippen molar-refractivity contribution >= 4 is 35.1 Å². The van der Waals surface area contributed by atoms with Crippen LogP contribution in [-0.4, -0.2) is 38.6 Å². The molecule has 0 saturated carbocycles. The summed E-state index contributed by atoms with van der Waals surface area (Å²) in [4.78, 5) is 23.5. The van der Waals surface area contributed by atoms with Gasteiger partial charge in [-0.05, 0) is 43.0 Å². The third-order valence-corrected chi connectivity index (χ3v) is 7.92. The molecule has 2 aromatic carbocycles. The number of nitro benzene ring substituents is 1. The number of nitrogens with zero attached hydrogens (tertiary/aromatic N) is 2. The van der Waals surface area contributed by atoms with Gasteiger partial charge in [-0.3, -0.25) is 14.9 Å². The summed E-state index contributed by atoms with van der Waals surface area (Å²) in [6.45, 7) is 0. The van der Waals surface area contributed by atoms with Crippen molar-refractivity contribution in [1.29, 1.82) is 0 Å². The zero-order valence-electron chi connectivity index (χ0n) is 15.8. The van der Waals surface area contributed by atoms with Gasteiger partial charge in [0.25, 0.3) is 11.6 Å². The van der Waals surface area contributed by atoms with Crippen molar-refractivity contribution in [1.82, 2.24) is 10.4 Å². The number of hydrogen-bond acceptors (Lipinski definition) is 6. The minimum Gasteiger partial charge on any atom is -0.268 e. The minimum atomic E-state index is -0.462. The summed E-state index contributed by atoms with van der Waals surface area (Å²) in [5, 5.41) is 12.6. The Morgan fingerprint density at radius 3 is 2.39 bits per heavy atom. The van der Waals surface area contributed by atoms with Crippen LogP contribution >= 0.6 is 23.5 Å². The van der Waals surface area contributed by atoms with Gasteiger partial charge in [-0.25, -0.2) is 10.4 Å². The second kappa shape index (κ2) is 8.98. The molecule has 0 spiro atoms. The minimum absolute atomic E-state index is 0.0207. The molecule has 0 aromatic heterocycles. The second-order valence-electron chi connectivity index (χ2n) is 6.62. The summed E-state index contributed by atoms with van der Waals surface area (Å²) in [5.74, 6) is -0.166. The molecule has 0 radical (unpaired) electrons. The van der Waals surface area contributed by atoms with Gasteiger partial charge >= 0.3 is 0 Å². The van der Waals surface area contributed by atoms with E-state index in [1.54, 1.807) is 28.5 Å². The molecule has 148 valence electrons. The zero-order chi connectivity index (χ0) is 20.1. The Labute approximate surface area is 173 Å². The first-order chi connectivity index (χ1) is 13.5. The zero-order valence-corrected chi connectivity index (χ0v) is 17.5. The fourth-order valence-electron chi connectivity index (χ4n) is 3.38. The van der Waals surface area contributed by atoms with Crippen LogP contribution in [0.3, 0.4) is 0 Å². The van der Waals surface area contributed by atoms with Crippen LogP contribution in [0.1, 0.15) is 28.8 Å². The number of amides is 1. The quantitative estimate of drug-likeness (QED) is 0.411. The molecule has 1 amide bonds. The standard InChI is InChI=1S/C20H23N3O3S2/c1-27-20(28-2)14-17(11-8-15-6-4-3-5-7-15)21-22(20)19(24)16-9-12-18(13-10-16)23(25)26/h3-7,9-10,12-13,17,21H,8,11,14H2,1-2H3.